The van der Waals surface area contributed by atoms with Gasteiger partial charge < -0.3 is 18.9 Å². The summed E-state index contributed by atoms with van der Waals surface area (Å²) >= 11 is 1.48. The highest BCUT2D eigenvalue weighted by molar-refractivity contribution is 7.13. The summed E-state index contributed by atoms with van der Waals surface area (Å²) in [5.41, 5.74) is 2.65. The van der Waals surface area contributed by atoms with Crippen molar-refractivity contribution in [3.8, 4) is 27.8 Å². The number of thiazole rings is 1. The van der Waals surface area contributed by atoms with Gasteiger partial charge in [0.25, 0.3) is 0 Å². The van der Waals surface area contributed by atoms with Gasteiger partial charge in [0.2, 0.25) is 0 Å². The highest BCUT2D eigenvalue weighted by Gasteiger charge is 2.11. The first-order chi connectivity index (χ1) is 14.1. The van der Waals surface area contributed by atoms with Crippen LogP contribution in [0, 0.1) is 6.92 Å². The van der Waals surface area contributed by atoms with Crippen molar-refractivity contribution in [1.82, 2.24) is 4.98 Å². The maximum Gasteiger partial charge on any atom is 0.309 e. The summed E-state index contributed by atoms with van der Waals surface area (Å²) in [6.45, 7) is 2.37. The van der Waals surface area contributed by atoms with Crippen LogP contribution >= 0.6 is 11.3 Å². The molecule has 0 bridgehead atoms. The average molecular weight is 413 g/mol. The van der Waals surface area contributed by atoms with Crippen molar-refractivity contribution < 1.29 is 23.7 Å². The molecule has 0 spiro atoms. The van der Waals surface area contributed by atoms with E-state index in [-0.39, 0.29) is 25.6 Å². The number of methoxy groups -OCH3 is 2. The van der Waals surface area contributed by atoms with Gasteiger partial charge in [0.15, 0.2) is 11.5 Å². The molecule has 0 aliphatic rings. The molecule has 0 radical (unpaired) electrons. The van der Waals surface area contributed by atoms with Gasteiger partial charge in [-0.2, -0.15) is 0 Å². The lowest BCUT2D eigenvalue weighted by molar-refractivity contribution is -0.145. The molecule has 0 fully saturated rings. The molecule has 3 aromatic rings. The highest BCUT2D eigenvalue weighted by atomic mass is 32.1. The van der Waals surface area contributed by atoms with E-state index in [9.17, 15) is 4.79 Å². The predicted octanol–water partition coefficient (Wildman–Crippen LogP) is 4.65. The number of nitrogens with zero attached hydrogens (tertiary/aromatic N) is 1. The number of hydrogen-bond acceptors (Lipinski definition) is 7. The van der Waals surface area contributed by atoms with E-state index in [1.54, 1.807) is 14.2 Å². The Morgan fingerprint density at radius 2 is 1.83 bits per heavy atom. The third-order valence-electron chi connectivity index (χ3n) is 4.22. The summed E-state index contributed by atoms with van der Waals surface area (Å²) in [5.74, 6) is 1.76. The number of aromatic nitrogens is 1. The van der Waals surface area contributed by atoms with Crippen LogP contribution in [0.5, 0.6) is 17.2 Å². The number of carbonyl (C=O) groups excluding carboxylic acids is 1. The zero-order chi connectivity index (χ0) is 20.6. The molecule has 1 aromatic heterocycles. The van der Waals surface area contributed by atoms with Crippen LogP contribution in [0.1, 0.15) is 17.7 Å². The molecule has 0 atom stereocenters. The van der Waals surface area contributed by atoms with Crippen molar-refractivity contribution in [3.63, 3.8) is 0 Å². The van der Waals surface area contributed by atoms with Gasteiger partial charge in [0, 0.05) is 10.9 Å². The lowest BCUT2D eigenvalue weighted by Crippen LogP contribution is -2.10. The molecular formula is C22H23NO5S. The number of carbonyl (C=O) groups is 1. The van der Waals surface area contributed by atoms with E-state index >= 15 is 0 Å². The quantitative estimate of drug-likeness (QED) is 0.476. The fraction of sp³-hybridized carbons (Fsp3) is 0.273. The number of hydrogen-bond donors (Lipinski definition) is 0. The van der Waals surface area contributed by atoms with Gasteiger partial charge in [0.05, 0.1) is 32.9 Å². The topological polar surface area (TPSA) is 66.9 Å². The van der Waals surface area contributed by atoms with E-state index in [0.717, 1.165) is 21.9 Å². The minimum atomic E-state index is -0.320. The van der Waals surface area contributed by atoms with Crippen molar-refractivity contribution in [2.75, 3.05) is 20.8 Å². The molecule has 3 rings (SSSR count). The summed E-state index contributed by atoms with van der Waals surface area (Å²) in [7, 11) is 3.19. The van der Waals surface area contributed by atoms with Gasteiger partial charge in [-0.15, -0.1) is 11.3 Å². The molecular weight excluding hydrogens is 390 g/mol. The lowest BCUT2D eigenvalue weighted by Gasteiger charge is -2.08. The number of para-hydroxylation sites is 1. The van der Waals surface area contributed by atoms with Crippen LogP contribution in [-0.4, -0.2) is 31.8 Å². The maximum absolute atomic E-state index is 12.0. The molecule has 29 heavy (non-hydrogen) atoms. The lowest BCUT2D eigenvalue weighted by atomic mass is 10.2. The van der Waals surface area contributed by atoms with Crippen LogP contribution in [0.15, 0.2) is 47.8 Å². The van der Waals surface area contributed by atoms with Crippen LogP contribution in [0.4, 0.5) is 0 Å². The SMILES string of the molecule is COc1ccc(-c2nc(COC(=O)CCOc3ccccc3C)cs2)cc1OC. The maximum atomic E-state index is 12.0. The molecule has 1 heterocycles. The van der Waals surface area contributed by atoms with Crippen LogP contribution in [-0.2, 0) is 16.1 Å². The molecule has 6 nitrogen and oxygen atoms in total. The molecule has 0 amide bonds. The molecule has 0 saturated heterocycles. The smallest absolute Gasteiger partial charge is 0.309 e. The first kappa shape index (κ1) is 20.7. The van der Waals surface area contributed by atoms with Crippen molar-refractivity contribution >= 4 is 17.3 Å². The summed E-state index contributed by atoms with van der Waals surface area (Å²) in [6, 6.07) is 13.3. The van der Waals surface area contributed by atoms with Crippen LogP contribution in [0.3, 0.4) is 0 Å². The van der Waals surface area contributed by atoms with Gasteiger partial charge in [-0.3, -0.25) is 4.79 Å². The molecule has 0 saturated carbocycles. The Morgan fingerprint density at radius 1 is 1.03 bits per heavy atom. The normalized spacial score (nSPS) is 10.4. The third kappa shape index (κ3) is 5.48. The highest BCUT2D eigenvalue weighted by Crippen LogP contribution is 2.33. The fourth-order valence-corrected chi connectivity index (χ4v) is 3.47. The first-order valence-corrected chi connectivity index (χ1v) is 9.99. The Bertz CT molecular complexity index is 969. The van der Waals surface area contributed by atoms with Crippen LogP contribution in [0.25, 0.3) is 10.6 Å². The fourth-order valence-electron chi connectivity index (χ4n) is 2.66. The predicted molar refractivity (Wildman–Crippen MR) is 112 cm³/mol. The van der Waals surface area contributed by atoms with E-state index in [0.29, 0.717) is 17.2 Å². The molecule has 2 aromatic carbocycles. The first-order valence-electron chi connectivity index (χ1n) is 9.11. The Kier molecular flexibility index (Phi) is 7.08. The molecule has 0 N–H and O–H groups in total. The number of benzene rings is 2. The summed E-state index contributed by atoms with van der Waals surface area (Å²) in [4.78, 5) is 16.5. The Balaban J connectivity index is 1.50. The minimum absolute atomic E-state index is 0.132. The number of esters is 1. The molecule has 7 heteroatoms. The second-order valence-electron chi connectivity index (χ2n) is 6.24. The van der Waals surface area contributed by atoms with Gasteiger partial charge in [-0.1, -0.05) is 18.2 Å². The average Bonchev–Trinajstić information content (AvgIpc) is 3.22. The van der Waals surface area contributed by atoms with Gasteiger partial charge in [-0.05, 0) is 36.8 Å². The van der Waals surface area contributed by atoms with Crippen LogP contribution < -0.4 is 14.2 Å². The molecule has 0 aliphatic heterocycles. The van der Waals surface area contributed by atoms with Crippen molar-refractivity contribution in [2.24, 2.45) is 0 Å². The number of ether oxygens (including phenoxy) is 4. The molecule has 152 valence electrons. The van der Waals surface area contributed by atoms with E-state index in [1.807, 2.05) is 54.8 Å². The van der Waals surface area contributed by atoms with Gasteiger partial charge in [0.1, 0.15) is 17.4 Å². The summed E-state index contributed by atoms with van der Waals surface area (Å²) in [6.07, 6.45) is 0.182. The number of aryl methyl sites for hydroxylation is 1. The second-order valence-corrected chi connectivity index (χ2v) is 7.10. The summed E-state index contributed by atoms with van der Waals surface area (Å²) in [5, 5.41) is 2.70. The van der Waals surface area contributed by atoms with E-state index in [1.165, 1.54) is 11.3 Å². The Hall–Kier alpha value is -3.06. The van der Waals surface area contributed by atoms with E-state index in [2.05, 4.69) is 4.98 Å². The standard InChI is InChI=1S/C22H23NO5S/c1-15-6-4-5-7-18(15)27-11-10-21(24)28-13-17-14-29-22(23-17)16-8-9-19(25-2)20(12-16)26-3/h4-9,12,14H,10-11,13H2,1-3H3. The Labute approximate surface area is 174 Å². The number of rotatable bonds is 9. The van der Waals surface area contributed by atoms with E-state index < -0.39 is 0 Å². The van der Waals surface area contributed by atoms with Crippen molar-refractivity contribution in [3.05, 3.63) is 59.1 Å². The summed E-state index contributed by atoms with van der Waals surface area (Å²) < 4.78 is 21.5. The van der Waals surface area contributed by atoms with Gasteiger partial charge >= 0.3 is 5.97 Å². The minimum Gasteiger partial charge on any atom is -0.493 e. The third-order valence-corrected chi connectivity index (χ3v) is 5.16. The zero-order valence-corrected chi connectivity index (χ0v) is 17.5. The van der Waals surface area contributed by atoms with Gasteiger partial charge in [-0.25, -0.2) is 4.98 Å². The second kappa shape index (κ2) is 9.93. The van der Waals surface area contributed by atoms with Crippen molar-refractivity contribution in [2.45, 2.75) is 20.0 Å². The van der Waals surface area contributed by atoms with Crippen molar-refractivity contribution in [1.29, 1.82) is 0 Å². The van der Waals surface area contributed by atoms with Crippen LogP contribution in [0.2, 0.25) is 0 Å². The zero-order valence-electron chi connectivity index (χ0n) is 16.6. The van der Waals surface area contributed by atoms with E-state index in [4.69, 9.17) is 18.9 Å². The Morgan fingerprint density at radius 3 is 2.59 bits per heavy atom. The largest absolute Gasteiger partial charge is 0.493 e. The molecule has 0 unspecified atom stereocenters. The monoisotopic (exact) mass is 413 g/mol. The molecule has 0 aliphatic carbocycles.